The Morgan fingerprint density at radius 1 is 0.767 bits per heavy atom. The minimum atomic E-state index is -1.11. The zero-order valence-corrected chi connectivity index (χ0v) is 16.4. The molecule has 5 heteroatoms. The lowest BCUT2D eigenvalue weighted by atomic mass is 9.97. The first-order valence-corrected chi connectivity index (χ1v) is 10.1. The van der Waals surface area contributed by atoms with E-state index < -0.39 is 5.79 Å². The smallest absolute Gasteiger partial charge is 0.305 e. The van der Waals surface area contributed by atoms with Gasteiger partial charge >= 0.3 is 5.79 Å². The maximum atomic E-state index is 12.9. The highest BCUT2D eigenvalue weighted by Gasteiger charge is 2.45. The number of ether oxygens (including phenoxy) is 2. The van der Waals surface area contributed by atoms with Crippen LogP contribution in [0.2, 0.25) is 0 Å². The summed E-state index contributed by atoms with van der Waals surface area (Å²) in [6.45, 7) is 0.925. The molecule has 5 rings (SSSR count). The Labute approximate surface area is 174 Å². The highest BCUT2D eigenvalue weighted by Crippen LogP contribution is 2.47. The minimum Gasteiger partial charge on any atom is -0.440 e. The van der Waals surface area contributed by atoms with Crippen molar-refractivity contribution in [3.63, 3.8) is 0 Å². The van der Waals surface area contributed by atoms with Crippen LogP contribution in [0.4, 0.5) is 0 Å². The SMILES string of the molecule is O=C1CCN(C(=O)c2ccc3c(c2)OC(c2ccccc2)(c2ccccc2)O3)CC1. The maximum Gasteiger partial charge on any atom is 0.305 e. The molecule has 0 radical (unpaired) electrons. The number of amides is 1. The van der Waals surface area contributed by atoms with Gasteiger partial charge in [-0.2, -0.15) is 0 Å². The van der Waals surface area contributed by atoms with Crippen molar-refractivity contribution in [2.45, 2.75) is 18.6 Å². The van der Waals surface area contributed by atoms with Crippen LogP contribution in [-0.2, 0) is 10.6 Å². The predicted octanol–water partition coefficient (Wildman–Crippen LogP) is 4.16. The second-order valence-corrected chi connectivity index (χ2v) is 7.55. The standard InChI is InChI=1S/C25H21NO4/c27-21-13-15-26(16-14-21)24(28)18-11-12-22-23(17-18)30-25(29-22,19-7-3-1-4-8-19)20-9-5-2-6-10-20/h1-12,17H,13-16H2. The number of hydrogen-bond acceptors (Lipinski definition) is 4. The number of carbonyl (C=O) groups is 2. The number of ketones is 1. The summed E-state index contributed by atoms with van der Waals surface area (Å²) in [5, 5.41) is 0. The van der Waals surface area contributed by atoms with Crippen molar-refractivity contribution in [3.05, 3.63) is 95.6 Å². The minimum absolute atomic E-state index is 0.0918. The van der Waals surface area contributed by atoms with Gasteiger partial charge in [-0.15, -0.1) is 0 Å². The van der Waals surface area contributed by atoms with E-state index in [4.69, 9.17) is 9.47 Å². The number of Topliss-reactive ketones (excluding diaryl/α,β-unsaturated/α-hetero) is 1. The molecule has 5 nitrogen and oxygen atoms in total. The zero-order chi connectivity index (χ0) is 20.6. The number of hydrogen-bond donors (Lipinski definition) is 0. The molecule has 0 aromatic heterocycles. The summed E-state index contributed by atoms with van der Waals surface area (Å²) in [6, 6.07) is 24.8. The average molecular weight is 399 g/mol. The van der Waals surface area contributed by atoms with Crippen LogP contribution >= 0.6 is 0 Å². The van der Waals surface area contributed by atoms with Crippen LogP contribution in [0.5, 0.6) is 11.5 Å². The normalized spacial score (nSPS) is 17.1. The number of piperidine rings is 1. The Hall–Kier alpha value is -3.60. The van der Waals surface area contributed by atoms with E-state index in [0.717, 1.165) is 11.1 Å². The molecular weight excluding hydrogens is 378 g/mol. The molecule has 3 aromatic carbocycles. The first-order valence-electron chi connectivity index (χ1n) is 10.1. The molecule has 0 atom stereocenters. The number of nitrogens with zero attached hydrogens (tertiary/aromatic N) is 1. The summed E-state index contributed by atoms with van der Waals surface area (Å²) in [7, 11) is 0. The van der Waals surface area contributed by atoms with Gasteiger partial charge in [0.1, 0.15) is 5.78 Å². The van der Waals surface area contributed by atoms with E-state index >= 15 is 0 Å². The van der Waals surface area contributed by atoms with Crippen molar-refractivity contribution >= 4 is 11.7 Å². The van der Waals surface area contributed by atoms with Crippen molar-refractivity contribution in [1.29, 1.82) is 0 Å². The third-order valence-electron chi connectivity index (χ3n) is 5.61. The average Bonchev–Trinajstić information content (AvgIpc) is 3.20. The van der Waals surface area contributed by atoms with Crippen LogP contribution in [0.15, 0.2) is 78.9 Å². The van der Waals surface area contributed by atoms with Crippen LogP contribution in [0, 0.1) is 0 Å². The van der Waals surface area contributed by atoms with E-state index in [-0.39, 0.29) is 11.7 Å². The van der Waals surface area contributed by atoms with E-state index in [0.29, 0.717) is 43.0 Å². The second kappa shape index (κ2) is 7.34. The van der Waals surface area contributed by atoms with Crippen molar-refractivity contribution < 1.29 is 19.1 Å². The van der Waals surface area contributed by atoms with Gasteiger partial charge in [0.15, 0.2) is 11.5 Å². The van der Waals surface area contributed by atoms with Gasteiger partial charge in [0.25, 0.3) is 5.91 Å². The third-order valence-corrected chi connectivity index (χ3v) is 5.61. The second-order valence-electron chi connectivity index (χ2n) is 7.55. The molecule has 0 spiro atoms. The van der Waals surface area contributed by atoms with E-state index in [1.807, 2.05) is 60.7 Å². The molecule has 1 fully saturated rings. The molecule has 2 aliphatic heterocycles. The van der Waals surface area contributed by atoms with Crippen LogP contribution < -0.4 is 9.47 Å². The fraction of sp³-hybridized carbons (Fsp3) is 0.200. The Balaban J connectivity index is 1.49. The summed E-state index contributed by atoms with van der Waals surface area (Å²) in [4.78, 5) is 26.1. The summed E-state index contributed by atoms with van der Waals surface area (Å²) in [6.07, 6.45) is 0.836. The Bertz CT molecular complexity index is 1050. The zero-order valence-electron chi connectivity index (χ0n) is 16.4. The maximum absolute atomic E-state index is 12.9. The van der Waals surface area contributed by atoms with Crippen LogP contribution in [0.3, 0.4) is 0 Å². The van der Waals surface area contributed by atoms with Gasteiger partial charge < -0.3 is 14.4 Å². The Kier molecular flexibility index (Phi) is 4.51. The lowest BCUT2D eigenvalue weighted by Gasteiger charge is -2.28. The van der Waals surface area contributed by atoms with E-state index in [9.17, 15) is 9.59 Å². The molecule has 1 amide bonds. The summed E-state index contributed by atoms with van der Waals surface area (Å²) >= 11 is 0. The van der Waals surface area contributed by atoms with Crippen LogP contribution in [-0.4, -0.2) is 29.7 Å². The first kappa shape index (κ1) is 18.4. The van der Waals surface area contributed by atoms with Gasteiger partial charge in [0.05, 0.1) is 0 Å². The lowest BCUT2D eigenvalue weighted by molar-refractivity contribution is -0.120. The van der Waals surface area contributed by atoms with Gasteiger partial charge in [-0.1, -0.05) is 60.7 Å². The molecule has 150 valence electrons. The van der Waals surface area contributed by atoms with Gasteiger partial charge in [-0.05, 0) is 18.2 Å². The molecule has 0 saturated carbocycles. The monoisotopic (exact) mass is 399 g/mol. The molecule has 3 aromatic rings. The number of carbonyl (C=O) groups excluding carboxylic acids is 2. The Morgan fingerprint density at radius 2 is 1.33 bits per heavy atom. The van der Waals surface area contributed by atoms with Gasteiger partial charge in [-0.25, -0.2) is 0 Å². The summed E-state index contributed by atoms with van der Waals surface area (Å²) in [5.41, 5.74) is 2.27. The van der Waals surface area contributed by atoms with Crippen LogP contribution in [0.25, 0.3) is 0 Å². The van der Waals surface area contributed by atoms with Gasteiger partial charge in [0, 0.05) is 42.6 Å². The van der Waals surface area contributed by atoms with Crippen molar-refractivity contribution in [3.8, 4) is 11.5 Å². The third kappa shape index (κ3) is 3.12. The number of likely N-dealkylation sites (tertiary alicyclic amines) is 1. The molecule has 2 aliphatic rings. The van der Waals surface area contributed by atoms with E-state index in [2.05, 4.69) is 0 Å². The molecule has 0 N–H and O–H groups in total. The molecule has 0 unspecified atom stereocenters. The van der Waals surface area contributed by atoms with Crippen LogP contribution in [0.1, 0.15) is 34.3 Å². The van der Waals surface area contributed by atoms with E-state index in [1.165, 1.54) is 0 Å². The number of benzene rings is 3. The molecule has 0 bridgehead atoms. The first-order chi connectivity index (χ1) is 14.7. The quantitative estimate of drug-likeness (QED) is 0.664. The van der Waals surface area contributed by atoms with Crippen molar-refractivity contribution in [2.24, 2.45) is 0 Å². The highest BCUT2D eigenvalue weighted by molar-refractivity contribution is 5.96. The molecule has 0 aliphatic carbocycles. The largest absolute Gasteiger partial charge is 0.440 e. The van der Waals surface area contributed by atoms with Crippen molar-refractivity contribution in [1.82, 2.24) is 4.90 Å². The number of fused-ring (bicyclic) bond motifs is 1. The fourth-order valence-corrected chi connectivity index (χ4v) is 3.99. The topological polar surface area (TPSA) is 55.8 Å². The predicted molar refractivity (Wildman–Crippen MR) is 112 cm³/mol. The summed E-state index contributed by atoms with van der Waals surface area (Å²) < 4.78 is 12.8. The Morgan fingerprint density at radius 3 is 1.93 bits per heavy atom. The van der Waals surface area contributed by atoms with Crippen molar-refractivity contribution in [2.75, 3.05) is 13.1 Å². The number of rotatable bonds is 3. The summed E-state index contributed by atoms with van der Waals surface area (Å²) in [5.74, 6) is 0.130. The van der Waals surface area contributed by atoms with E-state index in [1.54, 1.807) is 23.1 Å². The molecular formula is C25H21NO4. The lowest BCUT2D eigenvalue weighted by Crippen LogP contribution is -2.38. The molecule has 2 heterocycles. The highest BCUT2D eigenvalue weighted by atomic mass is 16.7. The molecule has 30 heavy (non-hydrogen) atoms. The molecule has 1 saturated heterocycles. The fourth-order valence-electron chi connectivity index (χ4n) is 3.99. The van der Waals surface area contributed by atoms with Gasteiger partial charge in [0.2, 0.25) is 0 Å². The van der Waals surface area contributed by atoms with Gasteiger partial charge in [-0.3, -0.25) is 9.59 Å².